The molecule has 4 rings (SSSR count). The van der Waals surface area contributed by atoms with Crippen LogP contribution in [0.2, 0.25) is 5.02 Å². The van der Waals surface area contributed by atoms with Crippen molar-refractivity contribution in [2.24, 2.45) is 0 Å². The van der Waals surface area contributed by atoms with Gasteiger partial charge in [0, 0.05) is 10.8 Å². The van der Waals surface area contributed by atoms with Gasteiger partial charge in [-0.3, -0.25) is 9.36 Å². The summed E-state index contributed by atoms with van der Waals surface area (Å²) in [4.78, 5) is 17.8. The molecule has 0 saturated heterocycles. The second kappa shape index (κ2) is 8.17. The minimum atomic E-state index is -0.270. The van der Waals surface area contributed by atoms with E-state index in [2.05, 4.69) is 0 Å². The lowest BCUT2D eigenvalue weighted by molar-refractivity contribution is 0.627. The quantitative estimate of drug-likeness (QED) is 0.320. The van der Waals surface area contributed by atoms with Crippen LogP contribution in [0.25, 0.3) is 10.9 Å². The van der Waals surface area contributed by atoms with E-state index < -0.39 is 0 Å². The molecule has 1 aromatic heterocycles. The molecule has 4 aromatic rings. The Morgan fingerprint density at radius 3 is 2.46 bits per heavy atom. The zero-order valence-electron chi connectivity index (χ0n) is 14.8. The number of hydrogen-bond donors (Lipinski definition) is 0. The highest BCUT2D eigenvalue weighted by atomic mass is 35.5. The van der Waals surface area contributed by atoms with E-state index in [1.807, 2.05) is 42.5 Å². The van der Waals surface area contributed by atoms with E-state index in [1.165, 1.54) is 23.9 Å². The van der Waals surface area contributed by atoms with Crippen molar-refractivity contribution in [1.29, 1.82) is 0 Å². The molecule has 0 fully saturated rings. The number of benzene rings is 3. The van der Waals surface area contributed by atoms with Crippen LogP contribution in [0, 0.1) is 5.82 Å². The molecule has 0 atom stereocenters. The summed E-state index contributed by atoms with van der Waals surface area (Å²) in [6.45, 7) is 0.335. The van der Waals surface area contributed by atoms with Gasteiger partial charge in [0.2, 0.25) is 0 Å². The van der Waals surface area contributed by atoms with Crippen molar-refractivity contribution in [3.05, 3.63) is 105 Å². The molecular weight excluding hydrogens is 395 g/mol. The molecule has 0 spiro atoms. The number of aromatic nitrogens is 2. The number of thioether (sulfide) groups is 1. The van der Waals surface area contributed by atoms with Crippen molar-refractivity contribution in [3.63, 3.8) is 0 Å². The standard InChI is InChI=1S/C22H16ClFN2OS/c23-19-7-3-1-5-16(19)13-26-21(27)18-6-2-4-8-20(18)25-22(26)28-14-15-9-11-17(24)12-10-15/h1-12H,13-14H2. The van der Waals surface area contributed by atoms with Crippen LogP contribution in [-0.2, 0) is 12.3 Å². The summed E-state index contributed by atoms with van der Waals surface area (Å²) in [7, 11) is 0. The largest absolute Gasteiger partial charge is 0.283 e. The lowest BCUT2D eigenvalue weighted by Crippen LogP contribution is -2.24. The zero-order chi connectivity index (χ0) is 19.5. The van der Waals surface area contributed by atoms with Crippen molar-refractivity contribution in [2.45, 2.75) is 17.5 Å². The van der Waals surface area contributed by atoms with Gasteiger partial charge in [-0.05, 0) is 41.5 Å². The molecule has 3 nitrogen and oxygen atoms in total. The number of halogens is 2. The van der Waals surface area contributed by atoms with Gasteiger partial charge < -0.3 is 0 Å². The van der Waals surface area contributed by atoms with Gasteiger partial charge in [0.25, 0.3) is 5.56 Å². The SMILES string of the molecule is O=c1c2ccccc2nc(SCc2ccc(F)cc2)n1Cc1ccccc1Cl. The maximum absolute atomic E-state index is 13.1. The molecule has 140 valence electrons. The minimum absolute atomic E-state index is 0.105. The van der Waals surface area contributed by atoms with Crippen LogP contribution < -0.4 is 5.56 Å². The fourth-order valence-electron chi connectivity index (χ4n) is 2.92. The van der Waals surface area contributed by atoms with Crippen molar-refractivity contribution in [2.75, 3.05) is 0 Å². The van der Waals surface area contributed by atoms with Crippen molar-refractivity contribution in [1.82, 2.24) is 9.55 Å². The zero-order valence-corrected chi connectivity index (χ0v) is 16.4. The average Bonchev–Trinajstić information content (AvgIpc) is 2.71. The van der Waals surface area contributed by atoms with Crippen molar-refractivity contribution in [3.8, 4) is 0 Å². The minimum Gasteiger partial charge on any atom is -0.283 e. The monoisotopic (exact) mass is 410 g/mol. The van der Waals surface area contributed by atoms with E-state index in [0.717, 1.165) is 11.1 Å². The van der Waals surface area contributed by atoms with Gasteiger partial charge in [-0.1, -0.05) is 65.8 Å². The lowest BCUT2D eigenvalue weighted by atomic mass is 10.2. The highest BCUT2D eigenvalue weighted by molar-refractivity contribution is 7.98. The van der Waals surface area contributed by atoms with Gasteiger partial charge >= 0.3 is 0 Å². The molecule has 0 unspecified atom stereocenters. The molecule has 0 bridgehead atoms. The highest BCUT2D eigenvalue weighted by Crippen LogP contribution is 2.24. The van der Waals surface area contributed by atoms with Crippen LogP contribution in [-0.4, -0.2) is 9.55 Å². The first-order valence-corrected chi connectivity index (χ1v) is 10.1. The van der Waals surface area contributed by atoms with Gasteiger partial charge in [-0.25, -0.2) is 9.37 Å². The summed E-state index contributed by atoms with van der Waals surface area (Å²) < 4.78 is 14.8. The number of rotatable bonds is 5. The molecule has 28 heavy (non-hydrogen) atoms. The molecule has 0 aliphatic rings. The fraction of sp³-hybridized carbons (Fsp3) is 0.0909. The first-order chi connectivity index (χ1) is 13.6. The molecule has 1 heterocycles. The summed E-state index contributed by atoms with van der Waals surface area (Å²) in [5, 5.41) is 1.78. The van der Waals surface area contributed by atoms with Gasteiger partial charge in [-0.15, -0.1) is 0 Å². The Labute approximate surface area is 170 Å². The van der Waals surface area contributed by atoms with Crippen molar-refractivity contribution < 1.29 is 4.39 Å². The molecule has 3 aromatic carbocycles. The second-order valence-corrected chi connectivity index (χ2v) is 7.66. The maximum atomic E-state index is 13.1. The second-order valence-electron chi connectivity index (χ2n) is 6.31. The van der Waals surface area contributed by atoms with Gasteiger partial charge in [0.1, 0.15) is 5.82 Å². The van der Waals surface area contributed by atoms with Crippen LogP contribution in [0.4, 0.5) is 4.39 Å². The molecule has 0 N–H and O–H groups in total. The highest BCUT2D eigenvalue weighted by Gasteiger charge is 2.13. The first kappa shape index (κ1) is 18.7. The third-order valence-corrected chi connectivity index (χ3v) is 5.81. The number of para-hydroxylation sites is 1. The number of hydrogen-bond acceptors (Lipinski definition) is 3. The predicted molar refractivity (Wildman–Crippen MR) is 113 cm³/mol. The Morgan fingerprint density at radius 1 is 0.964 bits per heavy atom. The van der Waals surface area contributed by atoms with Gasteiger partial charge in [0.05, 0.1) is 17.4 Å². The normalized spacial score (nSPS) is 11.1. The van der Waals surface area contributed by atoms with Crippen LogP contribution >= 0.6 is 23.4 Å². The molecule has 6 heteroatoms. The Morgan fingerprint density at radius 2 is 1.68 bits per heavy atom. The summed E-state index contributed by atoms with van der Waals surface area (Å²) in [6.07, 6.45) is 0. The third-order valence-electron chi connectivity index (χ3n) is 4.39. The molecule has 0 saturated carbocycles. The Hall–Kier alpha value is -2.63. The summed E-state index contributed by atoms with van der Waals surface area (Å²) in [6, 6.07) is 21.1. The Balaban J connectivity index is 1.75. The van der Waals surface area contributed by atoms with E-state index in [-0.39, 0.29) is 11.4 Å². The van der Waals surface area contributed by atoms with E-state index in [0.29, 0.717) is 33.4 Å². The van der Waals surface area contributed by atoms with E-state index >= 15 is 0 Å². The van der Waals surface area contributed by atoms with Gasteiger partial charge in [-0.2, -0.15) is 0 Å². The summed E-state index contributed by atoms with van der Waals surface area (Å²) in [5.41, 5.74) is 2.36. The maximum Gasteiger partial charge on any atom is 0.262 e. The molecule has 0 aliphatic heterocycles. The van der Waals surface area contributed by atoms with E-state index in [9.17, 15) is 9.18 Å². The summed E-state index contributed by atoms with van der Waals surface area (Å²) >= 11 is 7.75. The number of nitrogens with zero attached hydrogens (tertiary/aromatic N) is 2. The van der Waals surface area contributed by atoms with Crippen LogP contribution in [0.3, 0.4) is 0 Å². The lowest BCUT2D eigenvalue weighted by Gasteiger charge is -2.14. The van der Waals surface area contributed by atoms with Crippen LogP contribution in [0.1, 0.15) is 11.1 Å². The fourth-order valence-corrected chi connectivity index (χ4v) is 4.07. The molecule has 0 amide bonds. The first-order valence-electron chi connectivity index (χ1n) is 8.72. The average molecular weight is 411 g/mol. The third kappa shape index (κ3) is 3.96. The topological polar surface area (TPSA) is 34.9 Å². The van der Waals surface area contributed by atoms with E-state index in [1.54, 1.807) is 22.8 Å². The van der Waals surface area contributed by atoms with Crippen LogP contribution in [0.5, 0.6) is 0 Å². The smallest absolute Gasteiger partial charge is 0.262 e. The Kier molecular flexibility index (Phi) is 5.46. The number of fused-ring (bicyclic) bond motifs is 1. The Bertz CT molecular complexity index is 1190. The van der Waals surface area contributed by atoms with Gasteiger partial charge in [0.15, 0.2) is 5.16 Å². The molecule has 0 aliphatic carbocycles. The molecule has 0 radical (unpaired) electrons. The predicted octanol–water partition coefficient (Wildman–Crippen LogP) is 5.53. The molecular formula is C22H16ClFN2OS. The van der Waals surface area contributed by atoms with E-state index in [4.69, 9.17) is 16.6 Å². The van der Waals surface area contributed by atoms with Crippen molar-refractivity contribution >= 4 is 34.3 Å². The summed E-state index contributed by atoms with van der Waals surface area (Å²) in [5.74, 6) is 0.307. The van der Waals surface area contributed by atoms with Crippen LogP contribution in [0.15, 0.2) is 82.7 Å².